The van der Waals surface area contributed by atoms with Crippen molar-refractivity contribution in [1.82, 2.24) is 19.9 Å². The number of nitrogens with one attached hydrogen (secondary N) is 1. The van der Waals surface area contributed by atoms with Gasteiger partial charge in [-0.15, -0.1) is 10.2 Å². The second-order valence-electron chi connectivity index (χ2n) is 10.7. The van der Waals surface area contributed by atoms with Crippen LogP contribution in [0.25, 0.3) is 17.0 Å². The van der Waals surface area contributed by atoms with E-state index in [1.165, 1.54) is 0 Å². The number of aromatic nitrogens is 3. The molecule has 0 fully saturated rings. The van der Waals surface area contributed by atoms with Gasteiger partial charge in [0.25, 0.3) is 0 Å². The summed E-state index contributed by atoms with van der Waals surface area (Å²) in [6.07, 6.45) is 0.666. The number of carbonyl (C=O) groups excluding carboxylic acids is 2. The molecule has 1 amide bonds. The van der Waals surface area contributed by atoms with Crippen LogP contribution in [0.1, 0.15) is 47.1 Å². The Hall–Kier alpha value is -4.05. The van der Waals surface area contributed by atoms with Crippen LogP contribution < -0.4 is 10.1 Å². The Kier molecular flexibility index (Phi) is 8.15. The van der Waals surface area contributed by atoms with E-state index in [2.05, 4.69) is 15.5 Å². The summed E-state index contributed by atoms with van der Waals surface area (Å²) in [6.45, 7) is 11.1. The monoisotopic (exact) mass is 548 g/mol. The Morgan fingerprint density at radius 3 is 2.31 bits per heavy atom. The minimum Gasteiger partial charge on any atom is -0.444 e. The number of ether oxygens (including phenoxy) is 3. The molecule has 9 nitrogen and oxygen atoms in total. The highest BCUT2D eigenvalue weighted by Crippen LogP contribution is 2.33. The number of hydrogen-bond donors (Lipinski definition) is 1. The predicted octanol–water partition coefficient (Wildman–Crippen LogP) is 6.89. The van der Waals surface area contributed by atoms with Crippen LogP contribution in [0.4, 0.5) is 9.59 Å². The Labute approximate surface area is 231 Å². The van der Waals surface area contributed by atoms with Gasteiger partial charge >= 0.3 is 12.2 Å². The van der Waals surface area contributed by atoms with Gasteiger partial charge in [-0.25, -0.2) is 9.59 Å². The summed E-state index contributed by atoms with van der Waals surface area (Å²) >= 11 is 1.55. The molecular formula is C29H32N4O5S. The van der Waals surface area contributed by atoms with Crippen molar-refractivity contribution in [2.24, 2.45) is 0 Å². The number of pyridine rings is 1. The van der Waals surface area contributed by atoms with E-state index in [0.29, 0.717) is 29.3 Å². The summed E-state index contributed by atoms with van der Waals surface area (Å²) in [7, 11) is 0. The number of para-hydroxylation sites is 1. The van der Waals surface area contributed by atoms with E-state index in [4.69, 9.17) is 14.2 Å². The number of nitrogens with zero attached hydrogens (tertiary/aromatic N) is 3. The predicted molar refractivity (Wildman–Crippen MR) is 149 cm³/mol. The molecule has 2 aromatic carbocycles. The lowest BCUT2D eigenvalue weighted by atomic mass is 10.2. The molecule has 10 heteroatoms. The SMILES string of the molecule is CC(C)(C)OC(=O)NCc1ccccc1Sc1ccc2nnc(-c3ccccc3OC(=O)OC(C)(C)C)n2c1. The molecule has 0 radical (unpaired) electrons. The summed E-state index contributed by atoms with van der Waals surface area (Å²) in [5, 5.41) is 11.5. The third-order valence-electron chi connectivity index (χ3n) is 5.11. The standard InChI is InChI=1S/C29H32N4O5S/c1-28(2,3)37-26(34)30-17-19-11-7-10-14-23(19)39-20-15-16-24-31-32-25(33(24)18-20)21-12-8-9-13-22(21)36-27(35)38-29(4,5)6/h7-16,18H,17H2,1-6H3,(H,30,34). The van der Waals surface area contributed by atoms with Crippen molar-refractivity contribution in [2.45, 2.75) is 69.1 Å². The smallest absolute Gasteiger partial charge is 0.444 e. The molecule has 4 aromatic rings. The number of rotatable bonds is 6. The Morgan fingerprint density at radius 2 is 1.56 bits per heavy atom. The minimum atomic E-state index is -0.795. The quantitative estimate of drug-likeness (QED) is 0.205. The molecule has 39 heavy (non-hydrogen) atoms. The van der Waals surface area contributed by atoms with Gasteiger partial charge in [0, 0.05) is 22.5 Å². The molecule has 2 heterocycles. The van der Waals surface area contributed by atoms with Crippen LogP contribution in [0.2, 0.25) is 0 Å². The van der Waals surface area contributed by atoms with Crippen LogP contribution in [0, 0.1) is 0 Å². The summed E-state index contributed by atoms with van der Waals surface area (Å²) < 4.78 is 18.0. The Balaban J connectivity index is 1.58. The fraction of sp³-hybridized carbons (Fsp3) is 0.310. The largest absolute Gasteiger partial charge is 0.514 e. The second kappa shape index (κ2) is 11.4. The highest BCUT2D eigenvalue weighted by atomic mass is 32.2. The van der Waals surface area contributed by atoms with Gasteiger partial charge in [0.05, 0.1) is 5.56 Å². The van der Waals surface area contributed by atoms with Crippen LogP contribution in [0.15, 0.2) is 76.7 Å². The summed E-state index contributed by atoms with van der Waals surface area (Å²) in [5.41, 5.74) is 0.939. The third kappa shape index (κ3) is 7.73. The van der Waals surface area contributed by atoms with Gasteiger partial charge in [-0.2, -0.15) is 0 Å². The molecule has 1 N–H and O–H groups in total. The summed E-state index contributed by atoms with van der Waals surface area (Å²) in [6, 6.07) is 18.8. The molecule has 0 aliphatic carbocycles. The van der Waals surface area contributed by atoms with Crippen LogP contribution in [-0.4, -0.2) is 38.0 Å². The zero-order valence-corrected chi connectivity index (χ0v) is 23.7. The molecular weight excluding hydrogens is 516 g/mol. The van der Waals surface area contributed by atoms with E-state index in [-0.39, 0.29) is 0 Å². The van der Waals surface area contributed by atoms with Crippen LogP contribution in [0.5, 0.6) is 5.75 Å². The van der Waals surface area contributed by atoms with Crippen LogP contribution in [0.3, 0.4) is 0 Å². The second-order valence-corrected chi connectivity index (χ2v) is 11.9. The van der Waals surface area contributed by atoms with Crippen LogP contribution >= 0.6 is 11.8 Å². The average Bonchev–Trinajstić information content (AvgIpc) is 3.25. The van der Waals surface area contributed by atoms with Crippen molar-refractivity contribution in [3.05, 3.63) is 72.4 Å². The van der Waals surface area contributed by atoms with E-state index < -0.39 is 23.5 Å². The van der Waals surface area contributed by atoms with E-state index in [0.717, 1.165) is 15.4 Å². The maximum absolute atomic E-state index is 12.3. The van der Waals surface area contributed by atoms with E-state index >= 15 is 0 Å². The lowest BCUT2D eigenvalue weighted by Gasteiger charge is -2.20. The first-order valence-electron chi connectivity index (χ1n) is 12.5. The van der Waals surface area contributed by atoms with Crippen molar-refractivity contribution in [3.8, 4) is 17.1 Å². The van der Waals surface area contributed by atoms with Gasteiger partial charge in [-0.1, -0.05) is 42.1 Å². The zero-order valence-electron chi connectivity index (χ0n) is 22.8. The number of carbonyl (C=O) groups is 2. The van der Waals surface area contributed by atoms with Gasteiger partial charge in [0.2, 0.25) is 0 Å². The zero-order chi connectivity index (χ0) is 28.2. The number of amides is 1. The van der Waals surface area contributed by atoms with Crippen LogP contribution in [-0.2, 0) is 16.0 Å². The Morgan fingerprint density at radius 1 is 0.872 bits per heavy atom. The lowest BCUT2D eigenvalue weighted by molar-refractivity contribution is 0.0207. The van der Waals surface area contributed by atoms with Crippen molar-refractivity contribution < 1.29 is 23.8 Å². The molecule has 0 atom stereocenters. The third-order valence-corrected chi connectivity index (χ3v) is 6.20. The molecule has 0 bridgehead atoms. The summed E-state index contributed by atoms with van der Waals surface area (Å²) in [5.74, 6) is 0.837. The fourth-order valence-electron chi connectivity index (χ4n) is 3.57. The molecule has 0 saturated carbocycles. The average molecular weight is 549 g/mol. The van der Waals surface area contributed by atoms with Gasteiger partial charge in [0.1, 0.15) is 17.0 Å². The first-order chi connectivity index (χ1) is 18.4. The van der Waals surface area contributed by atoms with E-state index in [1.54, 1.807) is 44.7 Å². The molecule has 0 spiro atoms. The summed E-state index contributed by atoms with van der Waals surface area (Å²) in [4.78, 5) is 26.4. The van der Waals surface area contributed by atoms with Gasteiger partial charge in [-0.3, -0.25) is 4.40 Å². The van der Waals surface area contributed by atoms with Gasteiger partial charge in [0.15, 0.2) is 11.5 Å². The molecule has 0 aliphatic rings. The topological polar surface area (TPSA) is 104 Å². The number of hydrogen-bond acceptors (Lipinski definition) is 8. The molecule has 0 aliphatic heterocycles. The molecule has 204 valence electrons. The van der Waals surface area contributed by atoms with Crippen molar-refractivity contribution in [1.29, 1.82) is 0 Å². The fourth-order valence-corrected chi connectivity index (χ4v) is 4.54. The molecule has 2 aromatic heterocycles. The highest BCUT2D eigenvalue weighted by Gasteiger charge is 2.21. The molecule has 4 rings (SSSR count). The maximum Gasteiger partial charge on any atom is 0.514 e. The highest BCUT2D eigenvalue weighted by molar-refractivity contribution is 7.99. The van der Waals surface area contributed by atoms with Crippen molar-refractivity contribution in [2.75, 3.05) is 0 Å². The number of fused-ring (bicyclic) bond motifs is 1. The molecule has 0 saturated heterocycles. The van der Waals surface area contributed by atoms with E-state index in [9.17, 15) is 9.59 Å². The first kappa shape index (κ1) is 28.0. The van der Waals surface area contributed by atoms with Gasteiger partial charge in [-0.05, 0) is 77.4 Å². The molecule has 0 unspecified atom stereocenters. The Bertz CT molecular complexity index is 1490. The van der Waals surface area contributed by atoms with Gasteiger partial charge < -0.3 is 19.5 Å². The maximum atomic E-state index is 12.3. The van der Waals surface area contributed by atoms with Crippen molar-refractivity contribution >= 4 is 29.7 Å². The number of benzene rings is 2. The lowest BCUT2D eigenvalue weighted by Crippen LogP contribution is -2.32. The first-order valence-corrected chi connectivity index (χ1v) is 13.3. The normalized spacial score (nSPS) is 11.7. The van der Waals surface area contributed by atoms with Crippen molar-refractivity contribution in [3.63, 3.8) is 0 Å². The number of alkyl carbamates (subject to hydrolysis) is 1. The minimum absolute atomic E-state index is 0.317. The van der Waals surface area contributed by atoms with E-state index in [1.807, 2.05) is 79.9 Å².